The maximum Gasteiger partial charge on any atom is 0.416 e. The van der Waals surface area contributed by atoms with Crippen LogP contribution in [0.15, 0.2) is 45.6 Å². The molecule has 1 aromatic heterocycles. The molecule has 0 atom stereocenters. The van der Waals surface area contributed by atoms with E-state index >= 15 is 0 Å². The van der Waals surface area contributed by atoms with Crippen LogP contribution in [0.1, 0.15) is 5.56 Å². The van der Waals surface area contributed by atoms with Crippen LogP contribution >= 0.6 is 31.9 Å². The van der Waals surface area contributed by atoms with E-state index in [1.165, 1.54) is 12.3 Å². The second-order valence-electron chi connectivity index (χ2n) is 3.71. The minimum Gasteiger partial charge on any atom is -0.353 e. The van der Waals surface area contributed by atoms with Crippen molar-refractivity contribution in [3.05, 3.63) is 51.2 Å². The van der Waals surface area contributed by atoms with Crippen molar-refractivity contribution in [2.75, 3.05) is 5.32 Å². The van der Waals surface area contributed by atoms with Crippen molar-refractivity contribution < 1.29 is 13.2 Å². The minimum absolute atomic E-state index is 0.328. The predicted octanol–water partition coefficient (Wildman–Crippen LogP) is 5.37. The number of nitrogens with zero attached hydrogens (tertiary/aromatic N) is 1. The van der Waals surface area contributed by atoms with Gasteiger partial charge in [-0.3, -0.25) is 4.98 Å². The number of anilines is 2. The summed E-state index contributed by atoms with van der Waals surface area (Å²) in [4.78, 5) is 3.93. The van der Waals surface area contributed by atoms with Crippen LogP contribution in [0.5, 0.6) is 0 Å². The molecule has 0 bridgehead atoms. The molecule has 100 valence electrons. The fourth-order valence-corrected chi connectivity index (χ4v) is 2.14. The van der Waals surface area contributed by atoms with Gasteiger partial charge in [-0.1, -0.05) is 0 Å². The van der Waals surface area contributed by atoms with E-state index in [0.717, 1.165) is 16.6 Å². The molecule has 1 N–H and O–H groups in total. The Morgan fingerprint density at radius 3 is 2.42 bits per heavy atom. The third kappa shape index (κ3) is 3.70. The first-order valence-electron chi connectivity index (χ1n) is 5.10. The van der Waals surface area contributed by atoms with Gasteiger partial charge in [0.15, 0.2) is 0 Å². The molecule has 0 fully saturated rings. The van der Waals surface area contributed by atoms with Crippen molar-refractivity contribution in [3.8, 4) is 0 Å². The zero-order chi connectivity index (χ0) is 14.0. The first kappa shape index (κ1) is 14.3. The number of halogens is 5. The predicted molar refractivity (Wildman–Crippen MR) is 74.4 cm³/mol. The molecular formula is C12H7Br2F3N2. The van der Waals surface area contributed by atoms with E-state index in [0.29, 0.717) is 15.8 Å². The Balaban J connectivity index is 2.34. The molecule has 0 aliphatic carbocycles. The Morgan fingerprint density at radius 2 is 1.79 bits per heavy atom. The van der Waals surface area contributed by atoms with Crippen molar-refractivity contribution in [2.45, 2.75) is 6.18 Å². The topological polar surface area (TPSA) is 24.9 Å². The summed E-state index contributed by atoms with van der Waals surface area (Å²) in [6.45, 7) is 0. The third-order valence-corrected chi connectivity index (χ3v) is 3.40. The van der Waals surface area contributed by atoms with E-state index in [1.54, 1.807) is 12.3 Å². The second kappa shape index (κ2) is 5.50. The summed E-state index contributed by atoms with van der Waals surface area (Å²) in [6, 6.07) is 5.15. The summed E-state index contributed by atoms with van der Waals surface area (Å²) in [6.07, 6.45) is -1.25. The van der Waals surface area contributed by atoms with Gasteiger partial charge in [-0.2, -0.15) is 13.2 Å². The molecule has 0 aliphatic heterocycles. The Morgan fingerprint density at radius 1 is 1.05 bits per heavy atom. The molecule has 0 aliphatic rings. The van der Waals surface area contributed by atoms with E-state index in [4.69, 9.17) is 0 Å². The quantitative estimate of drug-likeness (QED) is 0.739. The molecule has 0 saturated carbocycles. The maximum absolute atomic E-state index is 12.6. The highest BCUT2D eigenvalue weighted by atomic mass is 79.9. The van der Waals surface area contributed by atoms with Crippen LogP contribution in [0.3, 0.4) is 0 Å². The van der Waals surface area contributed by atoms with Crippen LogP contribution in [0.25, 0.3) is 0 Å². The monoisotopic (exact) mass is 394 g/mol. The molecule has 0 radical (unpaired) electrons. The van der Waals surface area contributed by atoms with Crippen molar-refractivity contribution in [3.63, 3.8) is 0 Å². The van der Waals surface area contributed by atoms with Crippen LogP contribution < -0.4 is 5.32 Å². The SMILES string of the molecule is FC(F)(F)c1ccc(Br)c(Nc2cncc(Br)c2)c1. The fraction of sp³-hybridized carbons (Fsp3) is 0.0833. The van der Waals surface area contributed by atoms with Crippen LogP contribution in [0.2, 0.25) is 0 Å². The number of rotatable bonds is 2. The zero-order valence-electron chi connectivity index (χ0n) is 9.30. The van der Waals surface area contributed by atoms with E-state index in [-0.39, 0.29) is 0 Å². The number of alkyl halides is 3. The molecule has 2 nitrogen and oxygen atoms in total. The number of hydrogen-bond donors (Lipinski definition) is 1. The Hall–Kier alpha value is -1.08. The maximum atomic E-state index is 12.6. The van der Waals surface area contributed by atoms with Crippen molar-refractivity contribution in [2.24, 2.45) is 0 Å². The standard InChI is InChI=1S/C12H7Br2F3N2/c13-8-4-9(6-18-5-8)19-11-3-7(12(15,16)17)1-2-10(11)14/h1-6,19H. The molecular weight excluding hydrogens is 389 g/mol. The minimum atomic E-state index is -4.37. The molecule has 0 saturated heterocycles. The number of benzene rings is 1. The van der Waals surface area contributed by atoms with Gasteiger partial charge in [-0.25, -0.2) is 0 Å². The molecule has 0 spiro atoms. The summed E-state index contributed by atoms with van der Waals surface area (Å²) in [5, 5.41) is 2.89. The van der Waals surface area contributed by atoms with Crippen molar-refractivity contribution in [1.82, 2.24) is 4.98 Å². The van der Waals surface area contributed by atoms with Crippen LogP contribution in [0.4, 0.5) is 24.5 Å². The van der Waals surface area contributed by atoms with Crippen molar-refractivity contribution in [1.29, 1.82) is 0 Å². The van der Waals surface area contributed by atoms with Crippen molar-refractivity contribution >= 4 is 43.2 Å². The molecule has 7 heteroatoms. The molecule has 0 unspecified atom stereocenters. The van der Waals surface area contributed by atoms with Gasteiger partial charge in [0.25, 0.3) is 0 Å². The van der Waals surface area contributed by atoms with Crippen LogP contribution in [0, 0.1) is 0 Å². The lowest BCUT2D eigenvalue weighted by molar-refractivity contribution is -0.137. The van der Waals surface area contributed by atoms with Gasteiger partial charge in [0.05, 0.1) is 23.1 Å². The molecule has 1 heterocycles. The summed E-state index contributed by atoms with van der Waals surface area (Å²) >= 11 is 6.46. The van der Waals surface area contributed by atoms with Gasteiger partial charge in [0.1, 0.15) is 0 Å². The molecule has 1 aromatic carbocycles. The highest BCUT2D eigenvalue weighted by molar-refractivity contribution is 9.10. The van der Waals surface area contributed by atoms with Gasteiger partial charge < -0.3 is 5.32 Å². The van der Waals surface area contributed by atoms with Gasteiger partial charge >= 0.3 is 6.18 Å². The highest BCUT2D eigenvalue weighted by Crippen LogP contribution is 2.35. The van der Waals surface area contributed by atoms with Gasteiger partial charge in [-0.05, 0) is 56.1 Å². The van der Waals surface area contributed by atoms with Gasteiger partial charge in [0, 0.05) is 15.1 Å². The number of nitrogens with one attached hydrogen (secondary N) is 1. The molecule has 19 heavy (non-hydrogen) atoms. The Bertz CT molecular complexity index is 600. The van der Waals surface area contributed by atoms with Crippen LogP contribution in [-0.2, 0) is 6.18 Å². The Labute approximate surface area is 124 Å². The van der Waals surface area contributed by atoms with Gasteiger partial charge in [0.2, 0.25) is 0 Å². The lowest BCUT2D eigenvalue weighted by Gasteiger charge is -2.12. The average molecular weight is 396 g/mol. The van der Waals surface area contributed by atoms with E-state index in [2.05, 4.69) is 42.2 Å². The summed E-state index contributed by atoms with van der Waals surface area (Å²) in [5.74, 6) is 0. The first-order valence-corrected chi connectivity index (χ1v) is 6.69. The summed E-state index contributed by atoms with van der Waals surface area (Å²) in [5.41, 5.74) is 0.213. The normalized spacial score (nSPS) is 11.4. The summed E-state index contributed by atoms with van der Waals surface area (Å²) in [7, 11) is 0. The average Bonchev–Trinajstić information content (AvgIpc) is 2.30. The third-order valence-electron chi connectivity index (χ3n) is 2.28. The fourth-order valence-electron chi connectivity index (χ4n) is 1.43. The first-order chi connectivity index (χ1) is 8.86. The number of aromatic nitrogens is 1. The lowest BCUT2D eigenvalue weighted by atomic mass is 10.2. The molecule has 2 aromatic rings. The zero-order valence-corrected chi connectivity index (χ0v) is 12.5. The number of pyridine rings is 1. The smallest absolute Gasteiger partial charge is 0.353 e. The second-order valence-corrected chi connectivity index (χ2v) is 5.48. The van der Waals surface area contributed by atoms with Crippen LogP contribution in [-0.4, -0.2) is 4.98 Å². The largest absolute Gasteiger partial charge is 0.416 e. The molecule has 0 amide bonds. The van der Waals surface area contributed by atoms with E-state index in [9.17, 15) is 13.2 Å². The highest BCUT2D eigenvalue weighted by Gasteiger charge is 2.30. The van der Waals surface area contributed by atoms with Gasteiger partial charge in [-0.15, -0.1) is 0 Å². The van der Waals surface area contributed by atoms with E-state index < -0.39 is 11.7 Å². The Kier molecular flexibility index (Phi) is 4.15. The molecule has 2 rings (SSSR count). The lowest BCUT2D eigenvalue weighted by Crippen LogP contribution is -2.05. The summed E-state index contributed by atoms with van der Waals surface area (Å²) < 4.78 is 39.2. The number of hydrogen-bond acceptors (Lipinski definition) is 2. The van der Waals surface area contributed by atoms with E-state index in [1.807, 2.05) is 0 Å².